The zero-order valence-electron chi connectivity index (χ0n) is 10.6. The topological polar surface area (TPSA) is 12.0 Å². The molecule has 1 heterocycles. The molecule has 0 bridgehead atoms. The maximum Gasteiger partial charge on any atom is 0.0344 e. The van der Waals surface area contributed by atoms with E-state index in [0.717, 1.165) is 0 Å². The van der Waals surface area contributed by atoms with Crippen molar-refractivity contribution in [3.63, 3.8) is 0 Å². The molecule has 16 heavy (non-hydrogen) atoms. The van der Waals surface area contributed by atoms with E-state index < -0.39 is 0 Å². The molecule has 0 saturated heterocycles. The minimum absolute atomic E-state index is 0.533. The molecular weight excluding hydrogens is 214 g/mol. The molecular formula is C14H21NS. The minimum atomic E-state index is 0.533. The van der Waals surface area contributed by atoms with Crippen LogP contribution in [0.5, 0.6) is 0 Å². The molecule has 1 aromatic rings. The fraction of sp³-hybridized carbons (Fsp3) is 0.571. The van der Waals surface area contributed by atoms with Crippen LogP contribution in [-0.2, 0) is 0 Å². The van der Waals surface area contributed by atoms with Crippen LogP contribution in [-0.4, -0.2) is 11.3 Å². The molecule has 2 rings (SSSR count). The Balaban J connectivity index is 2.31. The fourth-order valence-corrected chi connectivity index (χ4v) is 3.54. The van der Waals surface area contributed by atoms with E-state index in [1.807, 2.05) is 11.8 Å². The molecule has 0 aliphatic carbocycles. The first-order chi connectivity index (χ1) is 7.56. The molecule has 0 radical (unpaired) electrons. The van der Waals surface area contributed by atoms with Crippen molar-refractivity contribution in [2.45, 2.75) is 56.3 Å². The van der Waals surface area contributed by atoms with Gasteiger partial charge >= 0.3 is 0 Å². The van der Waals surface area contributed by atoms with Gasteiger partial charge in [0.2, 0.25) is 0 Å². The predicted octanol–water partition coefficient (Wildman–Crippen LogP) is 3.92. The zero-order valence-corrected chi connectivity index (χ0v) is 11.4. The van der Waals surface area contributed by atoms with Crippen LogP contribution in [0.25, 0.3) is 0 Å². The Labute approximate surface area is 103 Å². The Morgan fingerprint density at radius 2 is 2.12 bits per heavy atom. The maximum absolute atomic E-state index is 3.68. The van der Waals surface area contributed by atoms with Crippen LogP contribution in [0.2, 0.25) is 0 Å². The van der Waals surface area contributed by atoms with Crippen LogP contribution >= 0.6 is 11.8 Å². The van der Waals surface area contributed by atoms with Crippen LogP contribution in [0.15, 0.2) is 23.1 Å². The van der Waals surface area contributed by atoms with Gasteiger partial charge in [0.25, 0.3) is 0 Å². The van der Waals surface area contributed by atoms with E-state index in [9.17, 15) is 0 Å². The Morgan fingerprint density at radius 1 is 1.38 bits per heavy atom. The highest BCUT2D eigenvalue weighted by molar-refractivity contribution is 8.00. The summed E-state index contributed by atoms with van der Waals surface area (Å²) < 4.78 is 0. The maximum atomic E-state index is 3.68. The third-order valence-electron chi connectivity index (χ3n) is 2.97. The van der Waals surface area contributed by atoms with E-state index in [-0.39, 0.29) is 0 Å². The van der Waals surface area contributed by atoms with Gasteiger partial charge in [0.15, 0.2) is 0 Å². The Hall–Kier alpha value is -0.470. The number of nitrogens with one attached hydrogen (secondary N) is 1. The average molecular weight is 235 g/mol. The first kappa shape index (κ1) is 12.0. The lowest BCUT2D eigenvalue weighted by molar-refractivity contribution is 0.442. The molecule has 2 heteroatoms. The summed E-state index contributed by atoms with van der Waals surface area (Å²) in [7, 11) is 0. The van der Waals surface area contributed by atoms with Gasteiger partial charge < -0.3 is 5.32 Å². The van der Waals surface area contributed by atoms with Gasteiger partial charge in [-0.05, 0) is 25.0 Å². The summed E-state index contributed by atoms with van der Waals surface area (Å²) in [4.78, 5) is 1.46. The largest absolute Gasteiger partial charge is 0.308 e. The van der Waals surface area contributed by atoms with E-state index in [0.29, 0.717) is 17.3 Å². The van der Waals surface area contributed by atoms with Crippen LogP contribution in [0.1, 0.15) is 44.4 Å². The second-order valence-electron chi connectivity index (χ2n) is 5.08. The highest BCUT2D eigenvalue weighted by Gasteiger charge is 2.25. The highest BCUT2D eigenvalue weighted by Crippen LogP contribution is 2.41. The third-order valence-corrected chi connectivity index (χ3v) is 4.19. The van der Waals surface area contributed by atoms with E-state index >= 15 is 0 Å². The van der Waals surface area contributed by atoms with Crippen LogP contribution in [0.3, 0.4) is 0 Å². The molecule has 88 valence electrons. The molecule has 0 spiro atoms. The third kappa shape index (κ3) is 2.61. The molecule has 0 amide bonds. The summed E-state index contributed by atoms with van der Waals surface area (Å²) in [6.07, 6.45) is 1.24. The van der Waals surface area contributed by atoms with E-state index in [1.165, 1.54) is 22.4 Å². The number of hydrogen-bond acceptors (Lipinski definition) is 2. The lowest BCUT2D eigenvalue weighted by Crippen LogP contribution is -2.32. The molecule has 1 aliphatic rings. The van der Waals surface area contributed by atoms with Gasteiger partial charge in [0.05, 0.1) is 0 Å². The van der Waals surface area contributed by atoms with Crippen molar-refractivity contribution < 1.29 is 0 Å². The number of fused-ring (bicyclic) bond motifs is 1. The normalized spacial score (nSPS) is 24.6. The predicted molar refractivity (Wildman–Crippen MR) is 72.1 cm³/mol. The number of aryl methyl sites for hydroxylation is 1. The summed E-state index contributed by atoms with van der Waals surface area (Å²) in [5.41, 5.74) is 2.86. The Bertz CT molecular complexity index is 373. The Morgan fingerprint density at radius 3 is 2.81 bits per heavy atom. The molecule has 2 atom stereocenters. The van der Waals surface area contributed by atoms with Crippen molar-refractivity contribution in [1.29, 1.82) is 0 Å². The minimum Gasteiger partial charge on any atom is -0.308 e. The fourth-order valence-electron chi connectivity index (χ4n) is 2.33. The number of hydrogen-bond donors (Lipinski definition) is 1. The second-order valence-corrected chi connectivity index (χ2v) is 6.56. The lowest BCUT2D eigenvalue weighted by atomic mass is 9.99. The number of rotatable bonds is 2. The van der Waals surface area contributed by atoms with E-state index in [4.69, 9.17) is 0 Å². The summed E-state index contributed by atoms with van der Waals surface area (Å²) in [6, 6.07) is 7.92. The summed E-state index contributed by atoms with van der Waals surface area (Å²) in [5, 5.41) is 4.40. The molecule has 2 unspecified atom stereocenters. The quantitative estimate of drug-likeness (QED) is 0.834. The first-order valence-electron chi connectivity index (χ1n) is 6.09. The van der Waals surface area contributed by atoms with Crippen molar-refractivity contribution in [1.82, 2.24) is 5.32 Å². The van der Waals surface area contributed by atoms with Gasteiger partial charge in [-0.3, -0.25) is 0 Å². The van der Waals surface area contributed by atoms with Crippen molar-refractivity contribution in [3.8, 4) is 0 Å². The van der Waals surface area contributed by atoms with Crippen LogP contribution in [0, 0.1) is 6.92 Å². The van der Waals surface area contributed by atoms with Gasteiger partial charge in [0, 0.05) is 22.2 Å². The second kappa shape index (κ2) is 4.80. The van der Waals surface area contributed by atoms with Crippen molar-refractivity contribution in [2.75, 3.05) is 0 Å². The van der Waals surface area contributed by atoms with Crippen LogP contribution in [0.4, 0.5) is 0 Å². The highest BCUT2D eigenvalue weighted by atomic mass is 32.2. The molecule has 0 fully saturated rings. The van der Waals surface area contributed by atoms with E-state index in [2.05, 4.69) is 51.2 Å². The smallest absolute Gasteiger partial charge is 0.0344 e. The standard InChI is InChI=1S/C14H21NS/c1-9(2)15-13-8-11(4)16-14-6-5-10(3)7-12(13)14/h5-7,9,11,13,15H,8H2,1-4H3. The molecule has 1 nitrogen and oxygen atoms in total. The molecule has 1 N–H and O–H groups in total. The molecule has 1 aliphatic heterocycles. The zero-order chi connectivity index (χ0) is 11.7. The molecule has 0 aromatic heterocycles. The SMILES string of the molecule is Cc1ccc2c(c1)C(NC(C)C)CC(C)S2. The lowest BCUT2D eigenvalue weighted by Gasteiger charge is -2.31. The Kier molecular flexibility index (Phi) is 3.60. The number of thioether (sulfide) groups is 1. The average Bonchev–Trinajstić information content (AvgIpc) is 2.18. The van der Waals surface area contributed by atoms with Crippen molar-refractivity contribution in [3.05, 3.63) is 29.3 Å². The monoisotopic (exact) mass is 235 g/mol. The van der Waals surface area contributed by atoms with E-state index in [1.54, 1.807) is 0 Å². The van der Waals surface area contributed by atoms with Gasteiger partial charge in [-0.25, -0.2) is 0 Å². The molecule has 1 aromatic carbocycles. The van der Waals surface area contributed by atoms with Gasteiger partial charge in [0.1, 0.15) is 0 Å². The summed E-state index contributed by atoms with van der Waals surface area (Å²) in [5.74, 6) is 0. The summed E-state index contributed by atoms with van der Waals surface area (Å²) in [6.45, 7) is 8.95. The van der Waals surface area contributed by atoms with Gasteiger partial charge in [-0.1, -0.05) is 38.5 Å². The first-order valence-corrected chi connectivity index (χ1v) is 6.97. The van der Waals surface area contributed by atoms with Gasteiger partial charge in [-0.2, -0.15) is 0 Å². The molecule has 0 saturated carbocycles. The number of benzene rings is 1. The summed E-state index contributed by atoms with van der Waals surface area (Å²) >= 11 is 2.01. The van der Waals surface area contributed by atoms with Crippen molar-refractivity contribution >= 4 is 11.8 Å². The van der Waals surface area contributed by atoms with Gasteiger partial charge in [-0.15, -0.1) is 11.8 Å². The van der Waals surface area contributed by atoms with Crippen molar-refractivity contribution in [2.24, 2.45) is 0 Å². The van der Waals surface area contributed by atoms with Crippen LogP contribution < -0.4 is 5.32 Å².